The minimum absolute atomic E-state index is 0.0192. The molecule has 1 aromatic heterocycles. The van der Waals surface area contributed by atoms with Crippen LogP contribution in [0.15, 0.2) is 36.4 Å². The van der Waals surface area contributed by atoms with Crippen LogP contribution in [0.25, 0.3) is 0 Å². The number of hydrogen-bond acceptors (Lipinski definition) is 3. The third-order valence-corrected chi connectivity index (χ3v) is 3.37. The van der Waals surface area contributed by atoms with E-state index in [0.717, 1.165) is 0 Å². The number of ketones is 1. The third-order valence-electron chi connectivity index (χ3n) is 2.14. The Balaban J connectivity index is 2.17. The second kappa shape index (κ2) is 5.46. The molecule has 0 bridgehead atoms. The summed E-state index contributed by atoms with van der Waals surface area (Å²) in [5, 5.41) is 0. The van der Waals surface area contributed by atoms with Crippen LogP contribution >= 0.6 is 22.9 Å². The molecular formula is C12H7ClF2O2S. The van der Waals surface area contributed by atoms with Gasteiger partial charge in [0.2, 0.25) is 5.78 Å². The molecule has 0 spiro atoms. The molecule has 0 N–H and O–H groups in total. The highest BCUT2D eigenvalue weighted by Gasteiger charge is 2.12. The topological polar surface area (TPSA) is 26.3 Å². The average Bonchev–Trinajstić information content (AvgIpc) is 2.75. The molecule has 0 fully saturated rings. The van der Waals surface area contributed by atoms with E-state index < -0.39 is 6.61 Å². The van der Waals surface area contributed by atoms with Crippen molar-refractivity contribution in [1.82, 2.24) is 0 Å². The molecule has 0 saturated carbocycles. The van der Waals surface area contributed by atoms with Gasteiger partial charge in [0.05, 0.1) is 9.21 Å². The van der Waals surface area contributed by atoms with Crippen molar-refractivity contribution in [3.05, 3.63) is 51.2 Å². The van der Waals surface area contributed by atoms with Crippen LogP contribution in [-0.2, 0) is 0 Å². The van der Waals surface area contributed by atoms with Crippen LogP contribution in [0.3, 0.4) is 0 Å². The predicted molar refractivity (Wildman–Crippen MR) is 65.8 cm³/mol. The van der Waals surface area contributed by atoms with Gasteiger partial charge >= 0.3 is 6.61 Å². The summed E-state index contributed by atoms with van der Waals surface area (Å²) in [5.41, 5.74) is 0.398. The Bertz CT molecular complexity index is 551. The molecule has 2 aromatic rings. The number of benzene rings is 1. The number of carbonyl (C=O) groups excluding carboxylic acids is 1. The van der Waals surface area contributed by atoms with Gasteiger partial charge in [0.15, 0.2) is 0 Å². The van der Waals surface area contributed by atoms with Gasteiger partial charge in [-0.1, -0.05) is 11.6 Å². The molecule has 0 amide bonds. The van der Waals surface area contributed by atoms with Gasteiger partial charge in [0.25, 0.3) is 0 Å². The fourth-order valence-corrected chi connectivity index (χ4v) is 2.37. The minimum atomic E-state index is -2.87. The van der Waals surface area contributed by atoms with Crippen molar-refractivity contribution >= 4 is 28.7 Å². The van der Waals surface area contributed by atoms with Gasteiger partial charge in [-0.05, 0) is 36.4 Å². The van der Waals surface area contributed by atoms with Gasteiger partial charge in [0, 0.05) is 5.56 Å². The lowest BCUT2D eigenvalue weighted by atomic mass is 10.1. The van der Waals surface area contributed by atoms with Crippen LogP contribution in [0.4, 0.5) is 8.78 Å². The average molecular weight is 289 g/mol. The molecule has 2 nitrogen and oxygen atoms in total. The van der Waals surface area contributed by atoms with Gasteiger partial charge in [-0.15, -0.1) is 11.3 Å². The largest absolute Gasteiger partial charge is 0.435 e. The summed E-state index contributed by atoms with van der Waals surface area (Å²) in [6.07, 6.45) is 0. The van der Waals surface area contributed by atoms with Gasteiger partial charge in [-0.2, -0.15) is 8.78 Å². The zero-order valence-corrected chi connectivity index (χ0v) is 10.5. The van der Waals surface area contributed by atoms with Gasteiger partial charge in [0.1, 0.15) is 5.75 Å². The van der Waals surface area contributed by atoms with Crippen LogP contribution in [-0.4, -0.2) is 12.4 Å². The Morgan fingerprint density at radius 3 is 2.33 bits per heavy atom. The number of hydrogen-bond donors (Lipinski definition) is 0. The molecule has 1 aromatic carbocycles. The Hall–Kier alpha value is -1.46. The fraction of sp³-hybridized carbons (Fsp3) is 0.0833. The molecule has 0 aliphatic rings. The summed E-state index contributed by atoms with van der Waals surface area (Å²) < 4.78 is 28.6. The van der Waals surface area contributed by atoms with Crippen LogP contribution in [0.1, 0.15) is 15.2 Å². The summed E-state index contributed by atoms with van der Waals surface area (Å²) in [5.74, 6) is -0.179. The molecule has 0 aliphatic heterocycles. The lowest BCUT2D eigenvalue weighted by molar-refractivity contribution is -0.0498. The van der Waals surface area contributed by atoms with Crippen molar-refractivity contribution < 1.29 is 18.3 Å². The molecular weight excluding hydrogens is 282 g/mol. The van der Waals surface area contributed by atoms with E-state index >= 15 is 0 Å². The lowest BCUT2D eigenvalue weighted by Crippen LogP contribution is -2.03. The highest BCUT2D eigenvalue weighted by molar-refractivity contribution is 7.18. The normalized spacial score (nSPS) is 10.7. The van der Waals surface area contributed by atoms with Crippen molar-refractivity contribution in [2.75, 3.05) is 0 Å². The van der Waals surface area contributed by atoms with Crippen molar-refractivity contribution in [2.45, 2.75) is 6.61 Å². The Morgan fingerprint density at radius 2 is 1.83 bits per heavy atom. The molecule has 18 heavy (non-hydrogen) atoms. The maximum atomic E-state index is 12.0. The second-order valence-electron chi connectivity index (χ2n) is 3.34. The fourth-order valence-electron chi connectivity index (χ4n) is 1.37. The van der Waals surface area contributed by atoms with E-state index in [1.54, 1.807) is 12.1 Å². The van der Waals surface area contributed by atoms with Crippen LogP contribution in [0, 0.1) is 0 Å². The quantitative estimate of drug-likeness (QED) is 0.787. The number of rotatable bonds is 4. The van der Waals surface area contributed by atoms with E-state index in [4.69, 9.17) is 11.6 Å². The highest BCUT2D eigenvalue weighted by atomic mass is 35.5. The molecule has 0 atom stereocenters. The number of ether oxygens (including phenoxy) is 1. The first-order valence-corrected chi connectivity index (χ1v) is 6.10. The zero-order chi connectivity index (χ0) is 13.1. The van der Waals surface area contributed by atoms with Crippen molar-refractivity contribution in [2.24, 2.45) is 0 Å². The number of thiophene rings is 1. The summed E-state index contributed by atoms with van der Waals surface area (Å²) >= 11 is 6.91. The van der Waals surface area contributed by atoms with Gasteiger partial charge < -0.3 is 4.74 Å². The number of halogens is 3. The molecule has 0 radical (unpaired) electrons. The smallest absolute Gasteiger partial charge is 0.387 e. The van der Waals surface area contributed by atoms with E-state index in [1.807, 2.05) is 0 Å². The molecule has 0 unspecified atom stereocenters. The first kappa shape index (κ1) is 13.0. The van der Waals surface area contributed by atoms with E-state index in [0.29, 0.717) is 14.8 Å². The van der Waals surface area contributed by atoms with Crippen molar-refractivity contribution in [3.8, 4) is 5.75 Å². The van der Waals surface area contributed by atoms with Crippen molar-refractivity contribution in [3.63, 3.8) is 0 Å². The van der Waals surface area contributed by atoms with Crippen LogP contribution < -0.4 is 4.74 Å². The highest BCUT2D eigenvalue weighted by Crippen LogP contribution is 2.24. The maximum absolute atomic E-state index is 12.0. The minimum Gasteiger partial charge on any atom is -0.435 e. The van der Waals surface area contributed by atoms with E-state index in [9.17, 15) is 13.6 Å². The van der Waals surface area contributed by atoms with E-state index in [2.05, 4.69) is 4.74 Å². The Morgan fingerprint density at radius 1 is 1.17 bits per heavy atom. The van der Waals surface area contributed by atoms with Crippen molar-refractivity contribution in [1.29, 1.82) is 0 Å². The summed E-state index contributed by atoms with van der Waals surface area (Å²) in [6.45, 7) is -2.87. The second-order valence-corrected chi connectivity index (χ2v) is 5.05. The lowest BCUT2D eigenvalue weighted by Gasteiger charge is -2.04. The van der Waals surface area contributed by atoms with Crippen LogP contribution in [0.5, 0.6) is 5.75 Å². The van der Waals surface area contributed by atoms with Crippen LogP contribution in [0.2, 0.25) is 4.34 Å². The molecule has 2 rings (SSSR count). The summed E-state index contributed by atoms with van der Waals surface area (Å²) in [7, 11) is 0. The predicted octanol–water partition coefficient (Wildman–Crippen LogP) is 4.23. The molecule has 0 saturated heterocycles. The van der Waals surface area contributed by atoms with E-state index in [1.165, 1.54) is 35.6 Å². The Labute approximate surface area is 111 Å². The summed E-state index contributed by atoms with van der Waals surface area (Å²) in [6, 6.07) is 8.79. The zero-order valence-electron chi connectivity index (χ0n) is 8.90. The number of alkyl halides is 2. The number of carbonyl (C=O) groups is 1. The third kappa shape index (κ3) is 3.05. The monoisotopic (exact) mass is 288 g/mol. The molecule has 0 aliphatic carbocycles. The Kier molecular flexibility index (Phi) is 3.93. The molecule has 6 heteroatoms. The van der Waals surface area contributed by atoms with E-state index in [-0.39, 0.29) is 11.5 Å². The standard InChI is InChI=1S/C12H7ClF2O2S/c13-10-6-5-9(18-10)11(16)7-1-3-8(4-2-7)17-12(14)15/h1-6,12H. The summed E-state index contributed by atoms with van der Waals surface area (Å²) in [4.78, 5) is 12.5. The van der Waals surface area contributed by atoms with Gasteiger partial charge in [-0.3, -0.25) is 4.79 Å². The molecule has 94 valence electrons. The first-order chi connectivity index (χ1) is 8.56. The molecule has 1 heterocycles. The van der Waals surface area contributed by atoms with Gasteiger partial charge in [-0.25, -0.2) is 0 Å². The maximum Gasteiger partial charge on any atom is 0.387 e. The first-order valence-electron chi connectivity index (χ1n) is 4.91. The SMILES string of the molecule is O=C(c1ccc(OC(F)F)cc1)c1ccc(Cl)s1.